The van der Waals surface area contributed by atoms with Crippen molar-refractivity contribution in [2.75, 3.05) is 32.7 Å². The molecule has 5 heteroatoms. The molecule has 1 atom stereocenters. The minimum absolute atomic E-state index is 0. The molecule has 0 saturated carbocycles. The summed E-state index contributed by atoms with van der Waals surface area (Å²) < 4.78 is 0. The number of aliphatic imine (C=N–C) groups is 1. The maximum Gasteiger partial charge on any atom is 0.191 e. The van der Waals surface area contributed by atoms with E-state index in [1.165, 1.54) is 38.8 Å². The molecule has 21 heavy (non-hydrogen) atoms. The lowest BCUT2D eigenvalue weighted by atomic mass is 10.00. The normalized spacial score (nSPS) is 25.4. The van der Waals surface area contributed by atoms with E-state index in [0.29, 0.717) is 6.04 Å². The zero-order valence-electron chi connectivity index (χ0n) is 13.9. The lowest BCUT2D eigenvalue weighted by Crippen LogP contribution is -2.43. The van der Waals surface area contributed by atoms with Gasteiger partial charge in [0.1, 0.15) is 0 Å². The first-order valence-corrected chi connectivity index (χ1v) is 8.35. The first-order valence-electron chi connectivity index (χ1n) is 8.35. The van der Waals surface area contributed by atoms with E-state index in [0.717, 1.165) is 37.4 Å². The van der Waals surface area contributed by atoms with Gasteiger partial charge in [-0.25, -0.2) is 0 Å². The number of rotatable bonds is 4. The monoisotopic (exact) mass is 408 g/mol. The molecular weight excluding hydrogens is 375 g/mol. The highest BCUT2D eigenvalue weighted by Gasteiger charge is 2.25. The maximum absolute atomic E-state index is 6.18. The number of halogens is 1. The molecule has 124 valence electrons. The van der Waals surface area contributed by atoms with Crippen LogP contribution in [0.25, 0.3) is 0 Å². The van der Waals surface area contributed by atoms with Gasteiger partial charge in [-0.15, -0.1) is 24.0 Å². The van der Waals surface area contributed by atoms with Crippen LogP contribution in [-0.2, 0) is 0 Å². The highest BCUT2D eigenvalue weighted by Crippen LogP contribution is 2.19. The van der Waals surface area contributed by atoms with Gasteiger partial charge in [-0.05, 0) is 44.1 Å². The fraction of sp³-hybridized carbons (Fsp3) is 0.938. The average molecular weight is 408 g/mol. The first-order chi connectivity index (χ1) is 9.56. The summed E-state index contributed by atoms with van der Waals surface area (Å²) in [4.78, 5) is 9.55. The van der Waals surface area contributed by atoms with Crippen molar-refractivity contribution in [1.29, 1.82) is 0 Å². The second-order valence-corrected chi connectivity index (χ2v) is 7.05. The maximum atomic E-state index is 6.18. The third kappa shape index (κ3) is 5.93. The van der Waals surface area contributed by atoms with Gasteiger partial charge in [-0.1, -0.05) is 20.8 Å². The third-order valence-corrected chi connectivity index (χ3v) is 4.67. The Bertz CT molecular complexity index is 324. The number of piperidine rings is 1. The van der Waals surface area contributed by atoms with E-state index in [9.17, 15) is 0 Å². The van der Waals surface area contributed by atoms with Crippen molar-refractivity contribution < 1.29 is 0 Å². The van der Waals surface area contributed by atoms with Crippen molar-refractivity contribution >= 4 is 29.9 Å². The predicted octanol–water partition coefficient (Wildman–Crippen LogP) is 2.77. The minimum Gasteiger partial charge on any atom is -0.370 e. The summed E-state index contributed by atoms with van der Waals surface area (Å²) in [5.41, 5.74) is 6.18. The molecule has 0 amide bonds. The summed E-state index contributed by atoms with van der Waals surface area (Å²) in [6.45, 7) is 12.4. The molecule has 2 heterocycles. The lowest BCUT2D eigenvalue weighted by molar-refractivity contribution is 0.229. The number of likely N-dealkylation sites (tertiary alicyclic amines) is 2. The molecule has 2 N–H and O–H groups in total. The Kier molecular flexibility index (Phi) is 8.31. The summed E-state index contributed by atoms with van der Waals surface area (Å²) in [6, 6.07) is 0.611. The van der Waals surface area contributed by atoms with Gasteiger partial charge in [0.2, 0.25) is 0 Å². The van der Waals surface area contributed by atoms with Gasteiger partial charge >= 0.3 is 0 Å². The van der Waals surface area contributed by atoms with E-state index in [1.807, 2.05) is 0 Å². The van der Waals surface area contributed by atoms with Crippen LogP contribution in [0.1, 0.15) is 46.5 Å². The molecule has 0 unspecified atom stereocenters. The summed E-state index contributed by atoms with van der Waals surface area (Å²) >= 11 is 0. The Morgan fingerprint density at radius 1 is 1.19 bits per heavy atom. The quantitative estimate of drug-likeness (QED) is 0.442. The van der Waals surface area contributed by atoms with Gasteiger partial charge < -0.3 is 10.6 Å². The fourth-order valence-corrected chi connectivity index (χ4v) is 3.35. The number of hydrogen-bond acceptors (Lipinski definition) is 2. The van der Waals surface area contributed by atoms with Gasteiger partial charge in [0, 0.05) is 25.7 Å². The van der Waals surface area contributed by atoms with Crippen molar-refractivity contribution in [1.82, 2.24) is 9.80 Å². The fourth-order valence-electron chi connectivity index (χ4n) is 3.35. The number of nitrogens with zero attached hydrogens (tertiary/aromatic N) is 3. The van der Waals surface area contributed by atoms with Crippen LogP contribution >= 0.6 is 24.0 Å². The number of hydrogen-bond donors (Lipinski definition) is 1. The van der Waals surface area contributed by atoms with Crippen LogP contribution in [0.3, 0.4) is 0 Å². The van der Waals surface area contributed by atoms with Gasteiger partial charge in [0.05, 0.1) is 6.54 Å². The van der Waals surface area contributed by atoms with Crippen LogP contribution in [0.4, 0.5) is 0 Å². The van der Waals surface area contributed by atoms with E-state index < -0.39 is 0 Å². The Balaban J connectivity index is 0.00000220. The average Bonchev–Trinajstić information content (AvgIpc) is 2.83. The first kappa shape index (κ1) is 19.0. The Morgan fingerprint density at radius 2 is 1.86 bits per heavy atom. The molecule has 2 rings (SSSR count). The summed E-state index contributed by atoms with van der Waals surface area (Å²) in [5.74, 6) is 2.35. The second-order valence-electron chi connectivity index (χ2n) is 7.05. The standard InChI is InChI=1S/C16H32N4.HI/c1-13(2)12-20-8-4-5-15(20)11-18-16(17)19-9-6-14(3)7-10-19;/h13-15H,4-12H2,1-3H3,(H2,17,18);1H/t15-;/m1./s1. The second kappa shape index (κ2) is 9.18. The Morgan fingerprint density at radius 3 is 2.48 bits per heavy atom. The predicted molar refractivity (Wildman–Crippen MR) is 101 cm³/mol. The van der Waals surface area contributed by atoms with Crippen molar-refractivity contribution in [3.63, 3.8) is 0 Å². The molecular formula is C16H33IN4. The molecule has 2 aliphatic heterocycles. The number of guanidine groups is 1. The zero-order valence-corrected chi connectivity index (χ0v) is 16.3. The van der Waals surface area contributed by atoms with Crippen LogP contribution in [0.15, 0.2) is 4.99 Å². The van der Waals surface area contributed by atoms with Crippen molar-refractivity contribution in [3.8, 4) is 0 Å². The van der Waals surface area contributed by atoms with E-state index in [4.69, 9.17) is 10.7 Å². The highest BCUT2D eigenvalue weighted by molar-refractivity contribution is 14.0. The summed E-state index contributed by atoms with van der Waals surface area (Å²) in [5, 5.41) is 0. The van der Waals surface area contributed by atoms with Crippen LogP contribution in [0, 0.1) is 11.8 Å². The van der Waals surface area contributed by atoms with E-state index in [2.05, 4.69) is 30.6 Å². The van der Waals surface area contributed by atoms with E-state index in [1.54, 1.807) is 0 Å². The van der Waals surface area contributed by atoms with E-state index in [-0.39, 0.29) is 24.0 Å². The van der Waals surface area contributed by atoms with E-state index >= 15 is 0 Å². The largest absolute Gasteiger partial charge is 0.370 e. The molecule has 2 fully saturated rings. The molecule has 2 saturated heterocycles. The molecule has 0 radical (unpaired) electrons. The topological polar surface area (TPSA) is 44.9 Å². The minimum atomic E-state index is 0. The summed E-state index contributed by atoms with van der Waals surface area (Å²) in [6.07, 6.45) is 5.09. The van der Waals surface area contributed by atoms with Gasteiger partial charge in [0.25, 0.3) is 0 Å². The molecule has 0 aromatic heterocycles. The highest BCUT2D eigenvalue weighted by atomic mass is 127. The van der Waals surface area contributed by atoms with Gasteiger partial charge in [0.15, 0.2) is 5.96 Å². The van der Waals surface area contributed by atoms with Crippen molar-refractivity contribution in [2.24, 2.45) is 22.6 Å². The Hall–Kier alpha value is -0.0400. The van der Waals surface area contributed by atoms with Gasteiger partial charge in [-0.3, -0.25) is 9.89 Å². The van der Waals surface area contributed by atoms with Crippen molar-refractivity contribution in [2.45, 2.75) is 52.5 Å². The molecule has 4 nitrogen and oxygen atoms in total. The molecule has 0 spiro atoms. The number of nitrogens with two attached hydrogens (primary N) is 1. The molecule has 0 aromatic rings. The molecule has 0 bridgehead atoms. The lowest BCUT2D eigenvalue weighted by Gasteiger charge is -2.31. The van der Waals surface area contributed by atoms with Crippen molar-refractivity contribution in [3.05, 3.63) is 0 Å². The molecule has 0 aromatic carbocycles. The van der Waals surface area contributed by atoms with Crippen LogP contribution in [-0.4, -0.2) is 54.5 Å². The zero-order chi connectivity index (χ0) is 14.5. The molecule has 0 aliphatic carbocycles. The van der Waals surface area contributed by atoms with Gasteiger partial charge in [-0.2, -0.15) is 0 Å². The Labute approximate surface area is 147 Å². The smallest absolute Gasteiger partial charge is 0.191 e. The third-order valence-electron chi connectivity index (χ3n) is 4.67. The van der Waals surface area contributed by atoms with Crippen LogP contribution < -0.4 is 5.73 Å². The van der Waals surface area contributed by atoms with Crippen LogP contribution in [0.5, 0.6) is 0 Å². The summed E-state index contributed by atoms with van der Waals surface area (Å²) in [7, 11) is 0. The van der Waals surface area contributed by atoms with Crippen LogP contribution in [0.2, 0.25) is 0 Å². The SMILES string of the molecule is CC(C)CN1CCC[C@@H]1CN=C(N)N1CCC(C)CC1.I. The molecule has 2 aliphatic rings.